The fraction of sp³-hybridized carbons (Fsp3) is 0.167. The van der Waals surface area contributed by atoms with Crippen LogP contribution in [0.1, 0.15) is 45.5 Å². The Balaban J connectivity index is 1.40. The SMILES string of the molecule is CCc1cn(-c2cc(NC(=O)c3ccc(C)c(Cc4nccc(-c5cccnc5)n4)c3)cc(C(F)(F)F)c2)cn1. The van der Waals surface area contributed by atoms with Crippen molar-refractivity contribution in [2.75, 3.05) is 5.32 Å². The van der Waals surface area contributed by atoms with E-state index in [9.17, 15) is 18.0 Å². The summed E-state index contributed by atoms with van der Waals surface area (Å²) in [4.78, 5) is 30.5. The number of alkyl halides is 3. The molecule has 5 rings (SSSR count). The van der Waals surface area contributed by atoms with Crippen molar-refractivity contribution in [3.05, 3.63) is 119 Å². The molecule has 202 valence electrons. The smallest absolute Gasteiger partial charge is 0.322 e. The summed E-state index contributed by atoms with van der Waals surface area (Å²) in [5.41, 5.74) is 3.79. The number of aryl methyl sites for hydroxylation is 2. The van der Waals surface area contributed by atoms with Gasteiger partial charge >= 0.3 is 6.18 Å². The lowest BCUT2D eigenvalue weighted by atomic mass is 10.0. The summed E-state index contributed by atoms with van der Waals surface area (Å²) >= 11 is 0. The predicted octanol–water partition coefficient (Wildman–Crippen LogP) is 6.46. The zero-order valence-corrected chi connectivity index (χ0v) is 21.8. The minimum absolute atomic E-state index is 0.0243. The van der Waals surface area contributed by atoms with Gasteiger partial charge in [0.1, 0.15) is 5.82 Å². The highest BCUT2D eigenvalue weighted by atomic mass is 19.4. The number of benzene rings is 2. The van der Waals surface area contributed by atoms with E-state index < -0.39 is 17.6 Å². The first kappa shape index (κ1) is 26.7. The van der Waals surface area contributed by atoms with Gasteiger partial charge in [-0.15, -0.1) is 0 Å². The van der Waals surface area contributed by atoms with E-state index in [4.69, 9.17) is 0 Å². The summed E-state index contributed by atoms with van der Waals surface area (Å²) < 4.78 is 42.6. The molecular formula is C30H25F3N6O. The summed E-state index contributed by atoms with van der Waals surface area (Å²) in [6.07, 6.45) is 4.62. The van der Waals surface area contributed by atoms with Gasteiger partial charge in [0.25, 0.3) is 5.91 Å². The molecule has 3 aromatic heterocycles. The van der Waals surface area contributed by atoms with Crippen LogP contribution in [0.15, 0.2) is 85.7 Å². The lowest BCUT2D eigenvalue weighted by Gasteiger charge is -2.14. The molecule has 1 amide bonds. The van der Waals surface area contributed by atoms with Crippen LogP contribution in [0.25, 0.3) is 16.9 Å². The molecule has 40 heavy (non-hydrogen) atoms. The molecule has 0 radical (unpaired) electrons. The molecule has 0 fully saturated rings. The van der Waals surface area contributed by atoms with Crippen LogP contribution in [0.3, 0.4) is 0 Å². The Morgan fingerprint density at radius 1 is 1.02 bits per heavy atom. The molecule has 0 bridgehead atoms. The molecule has 0 atom stereocenters. The zero-order chi connectivity index (χ0) is 28.3. The van der Waals surface area contributed by atoms with Gasteiger partial charge in [-0.3, -0.25) is 9.78 Å². The van der Waals surface area contributed by atoms with Gasteiger partial charge in [-0.1, -0.05) is 13.0 Å². The largest absolute Gasteiger partial charge is 0.416 e. The molecule has 0 aliphatic rings. The van der Waals surface area contributed by atoms with Crippen LogP contribution in [0.2, 0.25) is 0 Å². The van der Waals surface area contributed by atoms with Gasteiger partial charge in [-0.25, -0.2) is 15.0 Å². The fourth-order valence-corrected chi connectivity index (χ4v) is 4.22. The van der Waals surface area contributed by atoms with E-state index in [1.807, 2.05) is 26.0 Å². The topological polar surface area (TPSA) is 85.6 Å². The highest BCUT2D eigenvalue weighted by Crippen LogP contribution is 2.33. The Bertz CT molecular complexity index is 1660. The zero-order valence-electron chi connectivity index (χ0n) is 21.8. The van der Waals surface area contributed by atoms with Gasteiger partial charge in [0, 0.05) is 53.7 Å². The monoisotopic (exact) mass is 542 g/mol. The Morgan fingerprint density at radius 3 is 2.60 bits per heavy atom. The Kier molecular flexibility index (Phi) is 7.41. The van der Waals surface area contributed by atoms with Crippen molar-refractivity contribution in [2.45, 2.75) is 32.9 Å². The Labute approximate surface area is 228 Å². The Morgan fingerprint density at radius 2 is 1.88 bits per heavy atom. The number of hydrogen-bond acceptors (Lipinski definition) is 5. The van der Waals surface area contributed by atoms with E-state index in [1.54, 1.807) is 49.1 Å². The number of halogens is 3. The first-order valence-corrected chi connectivity index (χ1v) is 12.6. The molecule has 0 aliphatic heterocycles. The van der Waals surface area contributed by atoms with Gasteiger partial charge in [-0.2, -0.15) is 13.2 Å². The second kappa shape index (κ2) is 11.1. The first-order chi connectivity index (χ1) is 19.2. The van der Waals surface area contributed by atoms with Crippen molar-refractivity contribution < 1.29 is 18.0 Å². The molecule has 0 unspecified atom stereocenters. The summed E-state index contributed by atoms with van der Waals surface area (Å²) in [7, 11) is 0. The van der Waals surface area contributed by atoms with Crippen molar-refractivity contribution in [2.24, 2.45) is 0 Å². The highest BCUT2D eigenvalue weighted by Gasteiger charge is 2.31. The van der Waals surface area contributed by atoms with Crippen molar-refractivity contribution in [3.8, 4) is 16.9 Å². The van der Waals surface area contributed by atoms with Crippen LogP contribution < -0.4 is 5.32 Å². The number of carbonyl (C=O) groups is 1. The standard InChI is InChI=1S/C30H25F3N6O/c1-3-24-17-39(18-36-24)26-14-23(30(31,32)33)13-25(15-26)37-29(40)20-7-6-19(2)22(11-20)12-28-35-10-8-27(38-28)21-5-4-9-34-16-21/h4-11,13-18H,3,12H2,1-2H3,(H,37,40). The molecule has 0 saturated heterocycles. The lowest BCUT2D eigenvalue weighted by molar-refractivity contribution is -0.137. The van der Waals surface area contributed by atoms with Crippen molar-refractivity contribution in [3.63, 3.8) is 0 Å². The van der Waals surface area contributed by atoms with E-state index in [0.29, 0.717) is 24.2 Å². The normalized spacial score (nSPS) is 11.4. The van der Waals surface area contributed by atoms with Crippen LogP contribution in [-0.4, -0.2) is 30.4 Å². The third kappa shape index (κ3) is 6.06. The van der Waals surface area contributed by atoms with Crippen molar-refractivity contribution in [1.82, 2.24) is 24.5 Å². The number of carbonyl (C=O) groups excluding carboxylic acids is 1. The van der Waals surface area contributed by atoms with Crippen LogP contribution in [0, 0.1) is 6.92 Å². The molecule has 1 N–H and O–H groups in total. The first-order valence-electron chi connectivity index (χ1n) is 12.6. The average molecular weight is 543 g/mol. The van der Waals surface area contributed by atoms with Crippen LogP contribution in [0.5, 0.6) is 0 Å². The molecular weight excluding hydrogens is 517 g/mol. The number of nitrogens with one attached hydrogen (secondary N) is 1. The highest BCUT2D eigenvalue weighted by molar-refractivity contribution is 6.04. The number of rotatable bonds is 7. The fourth-order valence-electron chi connectivity index (χ4n) is 4.22. The second-order valence-electron chi connectivity index (χ2n) is 9.26. The average Bonchev–Trinajstić information content (AvgIpc) is 3.44. The van der Waals surface area contributed by atoms with Gasteiger partial charge in [0.05, 0.1) is 23.3 Å². The summed E-state index contributed by atoms with van der Waals surface area (Å²) in [6.45, 7) is 3.82. The number of amides is 1. The lowest BCUT2D eigenvalue weighted by Crippen LogP contribution is -2.14. The van der Waals surface area contributed by atoms with Gasteiger partial charge in [-0.05, 0) is 73.0 Å². The minimum Gasteiger partial charge on any atom is -0.322 e. The van der Waals surface area contributed by atoms with Crippen molar-refractivity contribution >= 4 is 11.6 Å². The van der Waals surface area contributed by atoms with Gasteiger partial charge < -0.3 is 9.88 Å². The maximum atomic E-state index is 13.7. The van der Waals surface area contributed by atoms with Gasteiger partial charge in [0.15, 0.2) is 0 Å². The minimum atomic E-state index is -4.59. The number of anilines is 1. The molecule has 10 heteroatoms. The molecule has 0 saturated carbocycles. The summed E-state index contributed by atoms with van der Waals surface area (Å²) in [6, 6.07) is 14.1. The number of nitrogens with zero attached hydrogens (tertiary/aromatic N) is 5. The number of hydrogen-bond donors (Lipinski definition) is 1. The molecule has 3 heterocycles. The van der Waals surface area contributed by atoms with Crippen LogP contribution in [-0.2, 0) is 19.0 Å². The number of aromatic nitrogens is 5. The van der Waals surface area contributed by atoms with E-state index in [0.717, 1.165) is 40.2 Å². The molecule has 0 aliphatic carbocycles. The molecule has 2 aromatic carbocycles. The number of imidazole rings is 1. The Hall–Kier alpha value is -4.86. The van der Waals surface area contributed by atoms with E-state index in [1.165, 1.54) is 17.0 Å². The quantitative estimate of drug-likeness (QED) is 0.255. The van der Waals surface area contributed by atoms with Crippen molar-refractivity contribution in [1.29, 1.82) is 0 Å². The molecule has 5 aromatic rings. The maximum Gasteiger partial charge on any atom is 0.416 e. The summed E-state index contributed by atoms with van der Waals surface area (Å²) in [5, 5.41) is 2.63. The second-order valence-corrected chi connectivity index (χ2v) is 9.26. The van der Waals surface area contributed by atoms with E-state index >= 15 is 0 Å². The molecule has 7 nitrogen and oxygen atoms in total. The maximum absolute atomic E-state index is 13.7. The number of pyridine rings is 1. The molecule has 0 spiro atoms. The third-order valence-electron chi connectivity index (χ3n) is 6.42. The third-order valence-corrected chi connectivity index (χ3v) is 6.42. The van der Waals surface area contributed by atoms with Crippen LogP contribution >= 0.6 is 0 Å². The summed E-state index contributed by atoms with van der Waals surface area (Å²) in [5.74, 6) is 0.0349. The van der Waals surface area contributed by atoms with Gasteiger partial charge in [0.2, 0.25) is 0 Å². The van der Waals surface area contributed by atoms with E-state index in [2.05, 4.69) is 25.3 Å². The predicted molar refractivity (Wildman–Crippen MR) is 145 cm³/mol. The van der Waals surface area contributed by atoms with E-state index in [-0.39, 0.29) is 11.4 Å². The van der Waals surface area contributed by atoms with Crippen LogP contribution in [0.4, 0.5) is 18.9 Å².